The van der Waals surface area contributed by atoms with Gasteiger partial charge in [0.05, 0.1) is 13.7 Å². The van der Waals surface area contributed by atoms with Crippen molar-refractivity contribution in [2.45, 2.75) is 32.5 Å². The van der Waals surface area contributed by atoms with Crippen molar-refractivity contribution in [1.29, 1.82) is 0 Å². The molecule has 0 aliphatic carbocycles. The molecular weight excluding hydrogens is 230 g/mol. The fraction of sp³-hybridized carbons (Fsp3) is 0.500. The predicted molar refractivity (Wildman–Crippen MR) is 70.0 cm³/mol. The Morgan fingerprint density at radius 3 is 2.44 bits per heavy atom. The van der Waals surface area contributed by atoms with Crippen molar-refractivity contribution < 1.29 is 14.6 Å². The van der Waals surface area contributed by atoms with E-state index in [0.717, 1.165) is 5.56 Å². The monoisotopic (exact) mass is 251 g/mol. The molecule has 1 aromatic carbocycles. The molecule has 1 aromatic rings. The van der Waals surface area contributed by atoms with Gasteiger partial charge in [0.15, 0.2) is 0 Å². The van der Waals surface area contributed by atoms with E-state index in [1.807, 2.05) is 42.2 Å². The average Bonchev–Trinajstić information content (AvgIpc) is 2.43. The molecule has 1 N–H and O–H groups in total. The van der Waals surface area contributed by atoms with Crippen LogP contribution in [-0.2, 0) is 16.1 Å². The molecule has 2 unspecified atom stereocenters. The second kappa shape index (κ2) is 7.13. The summed E-state index contributed by atoms with van der Waals surface area (Å²) in [6, 6.07) is 9.39. The van der Waals surface area contributed by atoms with Gasteiger partial charge in [0, 0.05) is 12.6 Å². The number of hydrogen-bond donors (Lipinski definition) is 1. The Morgan fingerprint density at radius 1 is 1.33 bits per heavy atom. The van der Waals surface area contributed by atoms with Crippen LogP contribution in [0.4, 0.5) is 0 Å². The molecule has 2 atom stereocenters. The molecule has 0 amide bonds. The van der Waals surface area contributed by atoms with Crippen molar-refractivity contribution in [1.82, 2.24) is 4.90 Å². The first kappa shape index (κ1) is 14.7. The highest BCUT2D eigenvalue weighted by Gasteiger charge is 2.25. The maximum Gasteiger partial charge on any atom is 0.322 e. The summed E-state index contributed by atoms with van der Waals surface area (Å²) in [5.41, 5.74) is 1.11. The van der Waals surface area contributed by atoms with Crippen LogP contribution in [0.2, 0.25) is 0 Å². The molecule has 0 saturated heterocycles. The van der Waals surface area contributed by atoms with Gasteiger partial charge in [-0.2, -0.15) is 0 Å². The highest BCUT2D eigenvalue weighted by molar-refractivity contribution is 5.75. The number of ether oxygens (including phenoxy) is 1. The third-order valence-electron chi connectivity index (χ3n) is 3.08. The molecule has 0 aromatic heterocycles. The molecule has 0 bridgehead atoms. The Morgan fingerprint density at radius 2 is 1.94 bits per heavy atom. The third-order valence-corrected chi connectivity index (χ3v) is 3.08. The van der Waals surface area contributed by atoms with Crippen LogP contribution in [-0.4, -0.2) is 41.8 Å². The SMILES string of the molecule is COC(=O)C(C)N(Cc1ccccc1)C(C)CO. The van der Waals surface area contributed by atoms with Crippen molar-refractivity contribution in [2.24, 2.45) is 0 Å². The largest absolute Gasteiger partial charge is 0.468 e. The lowest BCUT2D eigenvalue weighted by molar-refractivity contribution is -0.147. The normalized spacial score (nSPS) is 14.3. The van der Waals surface area contributed by atoms with Gasteiger partial charge >= 0.3 is 5.97 Å². The maximum absolute atomic E-state index is 11.6. The average molecular weight is 251 g/mol. The first-order valence-corrected chi connectivity index (χ1v) is 6.08. The fourth-order valence-electron chi connectivity index (χ4n) is 1.88. The molecule has 0 spiro atoms. The Labute approximate surface area is 108 Å². The van der Waals surface area contributed by atoms with Crippen molar-refractivity contribution in [3.8, 4) is 0 Å². The minimum absolute atomic E-state index is 0.00810. The van der Waals surface area contributed by atoms with Gasteiger partial charge in [-0.25, -0.2) is 0 Å². The number of carbonyl (C=O) groups excluding carboxylic acids is 1. The van der Waals surface area contributed by atoms with Gasteiger partial charge in [0.25, 0.3) is 0 Å². The van der Waals surface area contributed by atoms with Gasteiger partial charge < -0.3 is 9.84 Å². The number of rotatable bonds is 6. The zero-order valence-electron chi connectivity index (χ0n) is 11.2. The molecule has 0 radical (unpaired) electrons. The number of aliphatic hydroxyl groups is 1. The molecule has 0 heterocycles. The van der Waals surface area contributed by atoms with Gasteiger partial charge in [-0.3, -0.25) is 9.69 Å². The summed E-state index contributed by atoms with van der Waals surface area (Å²) >= 11 is 0. The Bertz CT molecular complexity index is 367. The summed E-state index contributed by atoms with van der Waals surface area (Å²) < 4.78 is 4.76. The molecule has 18 heavy (non-hydrogen) atoms. The van der Waals surface area contributed by atoms with Crippen LogP contribution in [0.25, 0.3) is 0 Å². The second-order valence-corrected chi connectivity index (χ2v) is 4.39. The molecule has 4 nitrogen and oxygen atoms in total. The van der Waals surface area contributed by atoms with Crippen LogP contribution >= 0.6 is 0 Å². The molecule has 0 aliphatic heterocycles. The highest BCUT2D eigenvalue weighted by atomic mass is 16.5. The predicted octanol–water partition coefficient (Wildman–Crippen LogP) is 1.43. The number of methoxy groups -OCH3 is 1. The Hall–Kier alpha value is -1.39. The maximum atomic E-state index is 11.6. The van der Waals surface area contributed by atoms with Gasteiger partial charge in [-0.1, -0.05) is 30.3 Å². The van der Waals surface area contributed by atoms with Gasteiger partial charge in [-0.05, 0) is 19.4 Å². The molecule has 100 valence electrons. The fourth-order valence-corrected chi connectivity index (χ4v) is 1.88. The van der Waals surface area contributed by atoms with Crippen molar-refractivity contribution in [2.75, 3.05) is 13.7 Å². The zero-order valence-corrected chi connectivity index (χ0v) is 11.2. The Balaban J connectivity index is 2.82. The van der Waals surface area contributed by atoms with Crippen molar-refractivity contribution in [3.63, 3.8) is 0 Å². The van der Waals surface area contributed by atoms with Crippen LogP contribution < -0.4 is 0 Å². The van der Waals surface area contributed by atoms with E-state index < -0.39 is 0 Å². The van der Waals surface area contributed by atoms with Crippen LogP contribution in [0.3, 0.4) is 0 Å². The lowest BCUT2D eigenvalue weighted by Crippen LogP contribution is -2.46. The van der Waals surface area contributed by atoms with E-state index in [9.17, 15) is 9.90 Å². The van der Waals surface area contributed by atoms with Crippen LogP contribution in [0.15, 0.2) is 30.3 Å². The summed E-state index contributed by atoms with van der Waals surface area (Å²) in [7, 11) is 1.38. The van der Waals surface area contributed by atoms with Crippen LogP contribution in [0.5, 0.6) is 0 Å². The minimum atomic E-state index is -0.377. The van der Waals surface area contributed by atoms with E-state index in [1.54, 1.807) is 6.92 Å². The van der Waals surface area contributed by atoms with Crippen LogP contribution in [0, 0.1) is 0 Å². The summed E-state index contributed by atoms with van der Waals surface area (Å²) in [5, 5.41) is 9.29. The third kappa shape index (κ3) is 3.82. The molecule has 4 heteroatoms. The van der Waals surface area contributed by atoms with E-state index in [4.69, 9.17) is 4.74 Å². The van der Waals surface area contributed by atoms with E-state index in [0.29, 0.717) is 6.54 Å². The lowest BCUT2D eigenvalue weighted by Gasteiger charge is -2.32. The number of esters is 1. The standard InChI is InChI=1S/C14H21NO3/c1-11(10-16)15(12(2)14(17)18-3)9-13-7-5-4-6-8-13/h4-8,11-12,16H,9-10H2,1-3H3. The number of hydrogen-bond acceptors (Lipinski definition) is 4. The second-order valence-electron chi connectivity index (χ2n) is 4.39. The van der Waals surface area contributed by atoms with E-state index in [-0.39, 0.29) is 24.7 Å². The molecule has 0 saturated carbocycles. The quantitative estimate of drug-likeness (QED) is 0.777. The molecule has 0 aliphatic rings. The highest BCUT2D eigenvalue weighted by Crippen LogP contribution is 2.13. The lowest BCUT2D eigenvalue weighted by atomic mass is 10.1. The summed E-state index contributed by atoms with van der Waals surface area (Å²) in [6.07, 6.45) is 0. The number of nitrogens with zero attached hydrogens (tertiary/aromatic N) is 1. The Kier molecular flexibility index (Phi) is 5.82. The van der Waals surface area contributed by atoms with Crippen molar-refractivity contribution >= 4 is 5.97 Å². The first-order chi connectivity index (χ1) is 8.60. The van der Waals surface area contributed by atoms with E-state index in [1.165, 1.54) is 7.11 Å². The number of benzene rings is 1. The summed E-state index contributed by atoms with van der Waals surface area (Å²) in [4.78, 5) is 13.6. The molecular formula is C14H21NO3. The number of aliphatic hydroxyl groups excluding tert-OH is 1. The molecule has 1 rings (SSSR count). The minimum Gasteiger partial charge on any atom is -0.468 e. The van der Waals surface area contributed by atoms with Gasteiger partial charge in [0.2, 0.25) is 0 Å². The summed E-state index contributed by atoms with van der Waals surface area (Å²) in [6.45, 7) is 4.30. The zero-order chi connectivity index (χ0) is 13.5. The van der Waals surface area contributed by atoms with Crippen molar-refractivity contribution in [3.05, 3.63) is 35.9 Å². The van der Waals surface area contributed by atoms with E-state index in [2.05, 4.69) is 0 Å². The number of carbonyl (C=O) groups is 1. The van der Waals surface area contributed by atoms with E-state index >= 15 is 0 Å². The smallest absolute Gasteiger partial charge is 0.322 e. The van der Waals surface area contributed by atoms with Crippen LogP contribution in [0.1, 0.15) is 19.4 Å². The summed E-state index contributed by atoms with van der Waals surface area (Å²) in [5.74, 6) is -0.286. The first-order valence-electron chi connectivity index (χ1n) is 6.08. The topological polar surface area (TPSA) is 49.8 Å². The molecule has 0 fully saturated rings. The van der Waals surface area contributed by atoms with Gasteiger partial charge in [0.1, 0.15) is 6.04 Å². The van der Waals surface area contributed by atoms with Gasteiger partial charge in [-0.15, -0.1) is 0 Å².